The quantitative estimate of drug-likeness (QED) is 0.174. The summed E-state index contributed by atoms with van der Waals surface area (Å²) in [5.41, 5.74) is 2.58. The van der Waals surface area contributed by atoms with Crippen LogP contribution in [0.15, 0.2) is 40.8 Å². The summed E-state index contributed by atoms with van der Waals surface area (Å²) in [7, 11) is 0. The van der Waals surface area contributed by atoms with Gasteiger partial charge in [0, 0.05) is 5.02 Å². The highest BCUT2D eigenvalue weighted by molar-refractivity contribution is 6.30. The first kappa shape index (κ1) is 25.2. The number of amides is 1. The molecule has 0 radical (unpaired) electrons. The second-order valence-corrected chi connectivity index (χ2v) is 8.18. The smallest absolute Gasteiger partial charge is 0.291 e. The summed E-state index contributed by atoms with van der Waals surface area (Å²) in [5, 5.41) is 7.71. The number of furan rings is 1. The maximum atomic E-state index is 13.8. The van der Waals surface area contributed by atoms with E-state index < -0.39 is 47.3 Å². The Morgan fingerprint density at radius 2 is 1.69 bits per heavy atom. The van der Waals surface area contributed by atoms with Crippen molar-refractivity contribution in [1.82, 2.24) is 9.78 Å². The van der Waals surface area contributed by atoms with Gasteiger partial charge in [-0.25, -0.2) is 13.2 Å². The Morgan fingerprint density at radius 3 is 2.36 bits per heavy atom. The number of hydrogen-bond donors (Lipinski definition) is 1. The Bertz CT molecular complexity index is 1440. The van der Waals surface area contributed by atoms with Gasteiger partial charge in [0.05, 0.1) is 23.6 Å². The van der Waals surface area contributed by atoms with Crippen LogP contribution in [-0.2, 0) is 13.2 Å². The molecule has 6 nitrogen and oxygen atoms in total. The van der Waals surface area contributed by atoms with E-state index in [0.717, 1.165) is 5.56 Å². The Balaban J connectivity index is 1.46. The first-order valence-electron chi connectivity index (χ1n) is 10.4. The number of aryl methyl sites for hydroxylation is 1. The van der Waals surface area contributed by atoms with Gasteiger partial charge in [-0.1, -0.05) is 23.7 Å². The van der Waals surface area contributed by atoms with Crippen molar-refractivity contribution >= 4 is 23.2 Å². The van der Waals surface area contributed by atoms with Crippen LogP contribution in [0.2, 0.25) is 5.02 Å². The van der Waals surface area contributed by atoms with Crippen LogP contribution in [0, 0.1) is 42.9 Å². The van der Waals surface area contributed by atoms with E-state index in [1.165, 1.54) is 12.1 Å². The fourth-order valence-electron chi connectivity index (χ4n) is 3.45. The third-order valence-corrected chi connectivity index (χ3v) is 5.49. The second-order valence-electron chi connectivity index (χ2n) is 7.74. The first-order valence-corrected chi connectivity index (χ1v) is 10.8. The zero-order chi connectivity index (χ0) is 26.1. The summed E-state index contributed by atoms with van der Waals surface area (Å²) in [5.74, 6) is -13.2. The number of nitrogens with zero attached hydrogens (tertiary/aromatic N) is 2. The van der Waals surface area contributed by atoms with Crippen molar-refractivity contribution in [2.75, 3.05) is 5.32 Å². The largest absolute Gasteiger partial charge is 0.479 e. The molecule has 0 aliphatic heterocycles. The van der Waals surface area contributed by atoms with E-state index in [1.54, 1.807) is 30.7 Å². The number of halogens is 6. The van der Waals surface area contributed by atoms with E-state index in [-0.39, 0.29) is 11.5 Å². The summed E-state index contributed by atoms with van der Waals surface area (Å²) in [6, 6.07) is 9.80. The van der Waals surface area contributed by atoms with Crippen molar-refractivity contribution in [2.24, 2.45) is 0 Å². The van der Waals surface area contributed by atoms with Gasteiger partial charge in [-0.15, -0.1) is 0 Å². The zero-order valence-corrected chi connectivity index (χ0v) is 19.5. The third-order valence-electron chi connectivity index (χ3n) is 5.26. The maximum Gasteiger partial charge on any atom is 0.291 e. The van der Waals surface area contributed by atoms with Gasteiger partial charge in [0.15, 0.2) is 11.5 Å². The molecule has 0 spiro atoms. The number of carbonyl (C=O) groups excluding carboxylic acids is 1. The van der Waals surface area contributed by atoms with Crippen molar-refractivity contribution in [3.63, 3.8) is 0 Å². The van der Waals surface area contributed by atoms with Gasteiger partial charge in [-0.05, 0) is 43.7 Å². The van der Waals surface area contributed by atoms with E-state index in [2.05, 4.69) is 10.4 Å². The Kier molecular flexibility index (Phi) is 7.02. The normalized spacial score (nSPS) is 11.1. The van der Waals surface area contributed by atoms with E-state index in [4.69, 9.17) is 20.8 Å². The average molecular weight is 526 g/mol. The van der Waals surface area contributed by atoms with Crippen molar-refractivity contribution in [3.8, 4) is 5.75 Å². The molecule has 0 saturated heterocycles. The summed E-state index contributed by atoms with van der Waals surface area (Å²) in [4.78, 5) is 12.7. The van der Waals surface area contributed by atoms with Crippen molar-refractivity contribution in [1.29, 1.82) is 0 Å². The highest BCUT2D eigenvalue weighted by Gasteiger charge is 2.27. The fourth-order valence-corrected chi connectivity index (χ4v) is 3.66. The summed E-state index contributed by atoms with van der Waals surface area (Å²) >= 11 is 6.03. The molecule has 2 aromatic carbocycles. The summed E-state index contributed by atoms with van der Waals surface area (Å²) in [6.45, 7) is 3.21. The number of rotatable bonds is 7. The van der Waals surface area contributed by atoms with E-state index in [9.17, 15) is 26.7 Å². The van der Waals surface area contributed by atoms with E-state index in [1.807, 2.05) is 12.1 Å². The Hall–Kier alpha value is -3.86. The fraction of sp³-hybridized carbons (Fsp3) is 0.167. The van der Waals surface area contributed by atoms with Crippen LogP contribution in [0.25, 0.3) is 0 Å². The minimum Gasteiger partial charge on any atom is -0.479 e. The van der Waals surface area contributed by atoms with Crippen LogP contribution in [-0.4, -0.2) is 15.7 Å². The number of ether oxygens (including phenoxy) is 1. The summed E-state index contributed by atoms with van der Waals surface area (Å²) in [6.07, 6.45) is 0. The Morgan fingerprint density at radius 1 is 1.03 bits per heavy atom. The number of carbonyl (C=O) groups is 1. The third kappa shape index (κ3) is 4.92. The van der Waals surface area contributed by atoms with Gasteiger partial charge in [-0.2, -0.15) is 13.9 Å². The molecule has 2 heterocycles. The van der Waals surface area contributed by atoms with Crippen LogP contribution < -0.4 is 10.1 Å². The van der Waals surface area contributed by atoms with Crippen LogP contribution in [0.4, 0.5) is 27.6 Å². The van der Waals surface area contributed by atoms with Gasteiger partial charge < -0.3 is 14.5 Å². The number of hydrogen-bond acceptors (Lipinski definition) is 4. The van der Waals surface area contributed by atoms with Crippen LogP contribution in [0.1, 0.15) is 33.3 Å². The molecule has 4 aromatic rings. The molecular formula is C24H17ClF5N3O3. The van der Waals surface area contributed by atoms with Crippen LogP contribution in [0.5, 0.6) is 5.75 Å². The molecule has 188 valence electrons. The monoisotopic (exact) mass is 525 g/mol. The first-order chi connectivity index (χ1) is 17.1. The average Bonchev–Trinajstić information content (AvgIpc) is 3.42. The van der Waals surface area contributed by atoms with Crippen molar-refractivity contribution < 1.29 is 35.9 Å². The van der Waals surface area contributed by atoms with Gasteiger partial charge in [-0.3, -0.25) is 9.48 Å². The molecule has 0 saturated carbocycles. The lowest BCUT2D eigenvalue weighted by atomic mass is 10.2. The topological polar surface area (TPSA) is 69.3 Å². The molecule has 0 aliphatic carbocycles. The van der Waals surface area contributed by atoms with Gasteiger partial charge >= 0.3 is 0 Å². The zero-order valence-electron chi connectivity index (χ0n) is 18.8. The lowest BCUT2D eigenvalue weighted by Gasteiger charge is -2.09. The van der Waals surface area contributed by atoms with E-state index >= 15 is 0 Å². The molecule has 1 amide bonds. The minimum atomic E-state index is -2.30. The van der Waals surface area contributed by atoms with Crippen LogP contribution in [0.3, 0.4) is 0 Å². The molecule has 2 aromatic heterocycles. The highest BCUT2D eigenvalue weighted by atomic mass is 35.5. The lowest BCUT2D eigenvalue weighted by Crippen LogP contribution is -2.12. The molecule has 0 aliphatic rings. The molecule has 0 bridgehead atoms. The SMILES string of the molecule is Cc1nn(Cc2cccc(Cl)c2)c(C)c1NC(=O)c1ccc(COc2c(F)c(F)c(F)c(F)c2F)o1. The van der Waals surface area contributed by atoms with Crippen LogP contribution >= 0.6 is 11.6 Å². The molecular weight excluding hydrogens is 509 g/mol. The van der Waals surface area contributed by atoms with Gasteiger partial charge in [0.1, 0.15) is 12.4 Å². The molecule has 0 fully saturated rings. The molecule has 0 unspecified atom stereocenters. The van der Waals surface area contributed by atoms with E-state index in [0.29, 0.717) is 28.6 Å². The highest BCUT2D eigenvalue weighted by Crippen LogP contribution is 2.30. The molecule has 1 N–H and O–H groups in total. The minimum absolute atomic E-state index is 0.0887. The number of anilines is 1. The predicted molar refractivity (Wildman–Crippen MR) is 119 cm³/mol. The number of nitrogens with one attached hydrogen (secondary N) is 1. The maximum absolute atomic E-state index is 13.8. The molecule has 0 atom stereocenters. The Labute approximate surface area is 206 Å². The number of aromatic nitrogens is 2. The lowest BCUT2D eigenvalue weighted by molar-refractivity contribution is 0.0992. The predicted octanol–water partition coefficient (Wildman–Crippen LogP) is 6.32. The molecule has 12 heteroatoms. The van der Waals surface area contributed by atoms with Gasteiger partial charge in [0.2, 0.25) is 29.1 Å². The molecule has 36 heavy (non-hydrogen) atoms. The van der Waals surface area contributed by atoms with Crippen molar-refractivity contribution in [3.05, 3.63) is 99.0 Å². The van der Waals surface area contributed by atoms with Crippen molar-refractivity contribution in [2.45, 2.75) is 27.0 Å². The second kappa shape index (κ2) is 10.0. The molecule has 4 rings (SSSR count). The van der Waals surface area contributed by atoms with Gasteiger partial charge in [0.25, 0.3) is 5.91 Å². The summed E-state index contributed by atoms with van der Waals surface area (Å²) < 4.78 is 79.1. The number of benzene rings is 2. The standard InChI is InChI=1S/C24H17ClF5N3O3/c1-11-22(12(2)33(32-11)9-13-4-3-5-14(25)8-13)31-24(34)16-7-6-15(36-16)10-35-23-20(29)18(27)17(26)19(28)21(23)30/h3-8H,9-10H2,1-2H3,(H,31,34).